The van der Waals surface area contributed by atoms with E-state index >= 15 is 0 Å². The lowest BCUT2D eigenvalue weighted by molar-refractivity contribution is -0.144. The van der Waals surface area contributed by atoms with Crippen LogP contribution < -0.4 is 0 Å². The molecule has 1 N–H and O–H groups in total. The van der Waals surface area contributed by atoms with Gasteiger partial charge in [-0.3, -0.25) is 0 Å². The molecule has 0 spiro atoms. The molecule has 0 aromatic rings. The lowest BCUT2D eigenvalue weighted by Gasteiger charge is -2.14. The van der Waals surface area contributed by atoms with E-state index in [4.69, 9.17) is 5.11 Å². The molecule has 5 nitrogen and oxygen atoms in total. The average Bonchev–Trinajstić information content (AvgIpc) is 2.31. The summed E-state index contributed by atoms with van der Waals surface area (Å²) in [6, 6.07) is 0. The van der Waals surface area contributed by atoms with Crippen molar-refractivity contribution in [2.24, 2.45) is 5.92 Å². The van der Waals surface area contributed by atoms with E-state index in [0.717, 1.165) is 0 Å². The summed E-state index contributed by atoms with van der Waals surface area (Å²) in [5.74, 6) is -0.764. The van der Waals surface area contributed by atoms with Crippen LogP contribution >= 0.6 is 0 Å². The number of ether oxygens (including phenoxy) is 1. The lowest BCUT2D eigenvalue weighted by Crippen LogP contribution is -2.30. The van der Waals surface area contributed by atoms with Crippen LogP contribution in [0.1, 0.15) is 13.8 Å². The van der Waals surface area contributed by atoms with Crippen LogP contribution in [-0.4, -0.2) is 41.3 Å². The third kappa shape index (κ3) is 2.34. The van der Waals surface area contributed by atoms with Crippen molar-refractivity contribution < 1.29 is 19.4 Å². The Bertz CT molecular complexity index is 226. The number of carbonyl (C=O) groups excluding carboxylic acids is 1. The zero-order valence-corrected chi connectivity index (χ0v) is 7.69. The number of carboxylic acids is 1. The van der Waals surface area contributed by atoms with Crippen LogP contribution in [0.3, 0.4) is 0 Å². The van der Waals surface area contributed by atoms with Gasteiger partial charge in [0.25, 0.3) is 0 Å². The zero-order valence-electron chi connectivity index (χ0n) is 7.69. The van der Waals surface area contributed by atoms with Gasteiger partial charge in [-0.25, -0.2) is 9.59 Å². The van der Waals surface area contributed by atoms with Gasteiger partial charge in [0.15, 0.2) is 0 Å². The molecule has 1 rings (SSSR count). The molecule has 0 radical (unpaired) electrons. The smallest absolute Gasteiger partial charge is 0.410 e. The molecule has 0 bridgehead atoms. The van der Waals surface area contributed by atoms with Gasteiger partial charge in [0.1, 0.15) is 0 Å². The second kappa shape index (κ2) is 3.64. The van der Waals surface area contributed by atoms with Crippen molar-refractivity contribution in [3.05, 3.63) is 0 Å². The highest BCUT2D eigenvalue weighted by Crippen LogP contribution is 2.12. The van der Waals surface area contributed by atoms with E-state index < -0.39 is 18.2 Å². The molecule has 13 heavy (non-hydrogen) atoms. The van der Waals surface area contributed by atoms with Crippen molar-refractivity contribution in [1.29, 1.82) is 0 Å². The quantitative estimate of drug-likeness (QED) is 0.700. The molecule has 0 aromatic carbocycles. The molecule has 1 amide bonds. The summed E-state index contributed by atoms with van der Waals surface area (Å²) in [5, 5.41) is 8.58. The summed E-state index contributed by atoms with van der Waals surface area (Å²) in [5.41, 5.74) is 0. The van der Waals surface area contributed by atoms with Crippen molar-refractivity contribution >= 4 is 12.1 Å². The molecule has 1 aliphatic heterocycles. The molecule has 0 saturated carbocycles. The van der Waals surface area contributed by atoms with Crippen molar-refractivity contribution in [1.82, 2.24) is 4.90 Å². The monoisotopic (exact) mass is 187 g/mol. The van der Waals surface area contributed by atoms with Crippen LogP contribution in [0.25, 0.3) is 0 Å². The van der Waals surface area contributed by atoms with Gasteiger partial charge in [-0.1, -0.05) is 13.8 Å². The van der Waals surface area contributed by atoms with Crippen molar-refractivity contribution in [2.45, 2.75) is 20.0 Å². The first kappa shape index (κ1) is 9.83. The van der Waals surface area contributed by atoms with Gasteiger partial charge in [0.05, 0.1) is 6.54 Å². The van der Waals surface area contributed by atoms with E-state index in [0.29, 0.717) is 12.5 Å². The topological polar surface area (TPSA) is 66.8 Å². The highest BCUT2D eigenvalue weighted by atomic mass is 16.6. The maximum absolute atomic E-state index is 11.1. The second-order valence-corrected chi connectivity index (χ2v) is 3.51. The van der Waals surface area contributed by atoms with Crippen LogP contribution in [0, 0.1) is 5.92 Å². The minimum atomic E-state index is -1.08. The molecule has 74 valence electrons. The van der Waals surface area contributed by atoms with E-state index in [2.05, 4.69) is 4.74 Å². The van der Waals surface area contributed by atoms with Crippen LogP contribution in [0.5, 0.6) is 0 Å². The van der Waals surface area contributed by atoms with Crippen molar-refractivity contribution in [3.8, 4) is 0 Å². The number of nitrogens with zero attached hydrogens (tertiary/aromatic N) is 1. The summed E-state index contributed by atoms with van der Waals surface area (Å²) in [7, 11) is 0. The van der Waals surface area contributed by atoms with Gasteiger partial charge in [0.2, 0.25) is 6.10 Å². The molecular weight excluding hydrogens is 174 g/mol. The number of rotatable bonds is 3. The molecule has 5 heteroatoms. The zero-order chi connectivity index (χ0) is 10.0. The number of hydrogen-bond acceptors (Lipinski definition) is 3. The molecule has 0 unspecified atom stereocenters. The fourth-order valence-electron chi connectivity index (χ4n) is 1.23. The van der Waals surface area contributed by atoms with Gasteiger partial charge in [-0.2, -0.15) is 0 Å². The van der Waals surface area contributed by atoms with Crippen LogP contribution in [-0.2, 0) is 9.53 Å². The van der Waals surface area contributed by atoms with Crippen molar-refractivity contribution in [2.75, 3.05) is 13.1 Å². The molecule has 1 aliphatic rings. The Morgan fingerprint density at radius 3 is 2.77 bits per heavy atom. The van der Waals surface area contributed by atoms with Gasteiger partial charge in [-0.05, 0) is 5.92 Å². The third-order valence-corrected chi connectivity index (χ3v) is 1.75. The lowest BCUT2D eigenvalue weighted by atomic mass is 10.2. The Balaban J connectivity index is 2.51. The molecule has 0 aromatic heterocycles. The summed E-state index contributed by atoms with van der Waals surface area (Å²) in [4.78, 5) is 23.0. The largest absolute Gasteiger partial charge is 0.478 e. The first-order chi connectivity index (χ1) is 6.00. The summed E-state index contributed by atoms with van der Waals surface area (Å²) < 4.78 is 4.62. The summed E-state index contributed by atoms with van der Waals surface area (Å²) in [6.07, 6.45) is -1.52. The Morgan fingerprint density at radius 1 is 1.77 bits per heavy atom. The van der Waals surface area contributed by atoms with Gasteiger partial charge >= 0.3 is 12.1 Å². The number of cyclic esters (lactones) is 1. The van der Waals surface area contributed by atoms with Crippen LogP contribution in [0.15, 0.2) is 0 Å². The predicted molar refractivity (Wildman–Crippen MR) is 44.3 cm³/mol. The maximum atomic E-state index is 11.1. The van der Waals surface area contributed by atoms with Gasteiger partial charge in [0, 0.05) is 6.54 Å². The number of aliphatic carboxylic acids is 1. The Labute approximate surface area is 76.3 Å². The van der Waals surface area contributed by atoms with E-state index in [1.165, 1.54) is 4.90 Å². The first-order valence-corrected chi connectivity index (χ1v) is 4.19. The highest BCUT2D eigenvalue weighted by molar-refractivity contribution is 5.81. The van der Waals surface area contributed by atoms with Crippen LogP contribution in [0.2, 0.25) is 0 Å². The molecule has 1 saturated heterocycles. The number of carboxylic acid groups (broad SMARTS) is 1. The highest BCUT2D eigenvalue weighted by Gasteiger charge is 2.35. The SMILES string of the molecule is CC(C)CN1C[C@H](C(=O)O)OC1=O. The average molecular weight is 187 g/mol. The molecule has 1 atom stereocenters. The van der Waals surface area contributed by atoms with Gasteiger partial charge in [-0.15, -0.1) is 0 Å². The summed E-state index contributed by atoms with van der Waals surface area (Å²) >= 11 is 0. The Morgan fingerprint density at radius 2 is 2.38 bits per heavy atom. The fourth-order valence-corrected chi connectivity index (χ4v) is 1.23. The van der Waals surface area contributed by atoms with E-state index in [1.807, 2.05) is 13.8 Å². The van der Waals surface area contributed by atoms with E-state index in [9.17, 15) is 9.59 Å². The number of carbonyl (C=O) groups is 2. The predicted octanol–water partition coefficient (Wildman–Crippen LogP) is 0.548. The maximum Gasteiger partial charge on any atom is 0.410 e. The fraction of sp³-hybridized carbons (Fsp3) is 0.750. The van der Waals surface area contributed by atoms with E-state index in [1.54, 1.807) is 0 Å². The molecular formula is C8H13NO4. The minimum absolute atomic E-state index is 0.159. The Kier molecular flexibility index (Phi) is 2.75. The van der Waals surface area contributed by atoms with Gasteiger partial charge < -0.3 is 14.7 Å². The minimum Gasteiger partial charge on any atom is -0.478 e. The Hall–Kier alpha value is -1.26. The molecule has 1 fully saturated rings. The first-order valence-electron chi connectivity index (χ1n) is 4.19. The van der Waals surface area contributed by atoms with E-state index in [-0.39, 0.29) is 6.54 Å². The normalized spacial score (nSPS) is 22.2. The number of hydrogen-bond donors (Lipinski definition) is 1. The number of amides is 1. The van der Waals surface area contributed by atoms with Crippen molar-refractivity contribution in [3.63, 3.8) is 0 Å². The molecule has 1 heterocycles. The second-order valence-electron chi connectivity index (χ2n) is 3.51. The third-order valence-electron chi connectivity index (χ3n) is 1.75. The van der Waals surface area contributed by atoms with Crippen LogP contribution in [0.4, 0.5) is 4.79 Å². The summed E-state index contributed by atoms with van der Waals surface area (Å²) in [6.45, 7) is 4.62. The standard InChI is InChI=1S/C8H13NO4/c1-5(2)3-9-4-6(7(10)11)13-8(9)12/h5-6H,3-4H2,1-2H3,(H,10,11)/t6-/m1/s1. The molecule has 0 aliphatic carbocycles.